The molecule has 2 heterocycles. The Labute approximate surface area is 113 Å². The molecule has 0 spiro atoms. The molecule has 0 bridgehead atoms. The van der Waals surface area contributed by atoms with Gasteiger partial charge in [-0.3, -0.25) is 4.79 Å². The van der Waals surface area contributed by atoms with Crippen molar-refractivity contribution < 1.29 is 9.90 Å². The summed E-state index contributed by atoms with van der Waals surface area (Å²) in [5, 5.41) is 18.2. The van der Waals surface area contributed by atoms with Crippen molar-refractivity contribution in [3.63, 3.8) is 0 Å². The largest absolute Gasteiger partial charge is 0.504 e. The summed E-state index contributed by atoms with van der Waals surface area (Å²) in [4.78, 5) is 18.1. The molecule has 3 rings (SSSR count). The molecule has 0 aliphatic rings. The van der Waals surface area contributed by atoms with Gasteiger partial charge in [-0.05, 0) is 18.2 Å². The lowest BCUT2D eigenvalue weighted by molar-refractivity contribution is 0.112. The third-order valence-electron chi connectivity index (χ3n) is 2.85. The van der Waals surface area contributed by atoms with Crippen LogP contribution >= 0.6 is 0 Å². The number of azo groups is 1. The van der Waals surface area contributed by atoms with Gasteiger partial charge in [0.25, 0.3) is 0 Å². The number of hydrogen-bond acceptors (Lipinski definition) is 5. The lowest BCUT2D eigenvalue weighted by atomic mass is 10.2. The molecular formula is C14H10N4O2. The minimum Gasteiger partial charge on any atom is -0.504 e. The van der Waals surface area contributed by atoms with Crippen LogP contribution in [0.2, 0.25) is 0 Å². The Bertz CT molecular complexity index is 808. The molecule has 3 aromatic rings. The van der Waals surface area contributed by atoms with E-state index in [9.17, 15) is 9.90 Å². The van der Waals surface area contributed by atoms with E-state index in [4.69, 9.17) is 0 Å². The molecule has 2 aromatic heterocycles. The van der Waals surface area contributed by atoms with Gasteiger partial charge in [0.05, 0.1) is 5.56 Å². The van der Waals surface area contributed by atoms with Crippen LogP contribution in [-0.4, -0.2) is 21.4 Å². The molecule has 1 aromatic carbocycles. The van der Waals surface area contributed by atoms with Crippen molar-refractivity contribution in [1.29, 1.82) is 0 Å². The van der Waals surface area contributed by atoms with Crippen molar-refractivity contribution >= 4 is 28.8 Å². The molecule has 0 atom stereocenters. The Morgan fingerprint density at radius 1 is 1.15 bits per heavy atom. The van der Waals surface area contributed by atoms with Crippen molar-refractivity contribution in [2.45, 2.75) is 0 Å². The van der Waals surface area contributed by atoms with Crippen molar-refractivity contribution in [2.75, 3.05) is 0 Å². The van der Waals surface area contributed by atoms with Crippen LogP contribution in [0.5, 0.6) is 5.75 Å². The van der Waals surface area contributed by atoms with Gasteiger partial charge < -0.3 is 10.1 Å². The van der Waals surface area contributed by atoms with E-state index in [1.165, 1.54) is 12.3 Å². The second-order valence-electron chi connectivity index (χ2n) is 4.10. The molecule has 0 aliphatic carbocycles. The third-order valence-corrected chi connectivity index (χ3v) is 2.85. The van der Waals surface area contributed by atoms with Gasteiger partial charge in [0.2, 0.25) is 5.82 Å². The van der Waals surface area contributed by atoms with Gasteiger partial charge in [-0.2, -0.15) is 0 Å². The number of hydrogen-bond donors (Lipinski definition) is 2. The number of carbonyl (C=O) groups excluding carboxylic acids is 1. The number of aromatic amines is 1. The first-order valence-electron chi connectivity index (χ1n) is 5.91. The van der Waals surface area contributed by atoms with E-state index in [0.717, 1.165) is 17.2 Å². The maximum absolute atomic E-state index is 11.2. The zero-order valence-electron chi connectivity index (χ0n) is 10.3. The maximum Gasteiger partial charge on any atom is 0.216 e. The van der Waals surface area contributed by atoms with Crippen molar-refractivity contribution in [3.8, 4) is 5.75 Å². The summed E-state index contributed by atoms with van der Waals surface area (Å²) in [5.74, 6) is 0.370. The monoisotopic (exact) mass is 266 g/mol. The van der Waals surface area contributed by atoms with Gasteiger partial charge in [-0.1, -0.05) is 18.2 Å². The Morgan fingerprint density at radius 2 is 2.00 bits per heavy atom. The highest BCUT2D eigenvalue weighted by molar-refractivity contribution is 6.02. The van der Waals surface area contributed by atoms with E-state index in [0.29, 0.717) is 11.4 Å². The minimum absolute atomic E-state index is 0.0694. The fraction of sp³-hybridized carbons (Fsp3) is 0. The van der Waals surface area contributed by atoms with Crippen molar-refractivity contribution in [3.05, 3.63) is 48.2 Å². The number of aromatic hydroxyl groups is 1. The highest BCUT2D eigenvalue weighted by Crippen LogP contribution is 2.29. The molecule has 20 heavy (non-hydrogen) atoms. The minimum atomic E-state index is -0.0694. The predicted octanol–water partition coefficient (Wildman–Crippen LogP) is 3.50. The Balaban J connectivity index is 2.07. The van der Waals surface area contributed by atoms with E-state index >= 15 is 0 Å². The maximum atomic E-state index is 11.2. The van der Waals surface area contributed by atoms with Crippen LogP contribution in [0.1, 0.15) is 10.4 Å². The first-order chi connectivity index (χ1) is 9.79. The van der Waals surface area contributed by atoms with Crippen LogP contribution in [0.3, 0.4) is 0 Å². The zero-order valence-corrected chi connectivity index (χ0v) is 10.3. The normalized spacial score (nSPS) is 11.2. The van der Waals surface area contributed by atoms with Crippen LogP contribution in [0.4, 0.5) is 11.6 Å². The number of H-pyrrole nitrogens is 1. The van der Waals surface area contributed by atoms with E-state index in [2.05, 4.69) is 20.2 Å². The molecule has 0 aliphatic heterocycles. The standard InChI is InChI=1S/C14H10N4O2/c19-8-10-9-4-1-2-5-11(9)16-13(10)17-18-14-12(20)6-3-7-15-14/h1-8,16,20H/b18-17+. The number of benzene rings is 1. The molecule has 0 amide bonds. The average molecular weight is 266 g/mol. The van der Waals surface area contributed by atoms with E-state index in [-0.39, 0.29) is 11.6 Å². The molecule has 2 N–H and O–H groups in total. The number of nitrogens with one attached hydrogen (secondary N) is 1. The average Bonchev–Trinajstić information content (AvgIpc) is 2.84. The number of aldehydes is 1. The SMILES string of the molecule is O=Cc1c(/N=N/c2ncccc2O)[nH]c2ccccc12. The summed E-state index contributed by atoms with van der Waals surface area (Å²) >= 11 is 0. The van der Waals surface area contributed by atoms with E-state index in [1.54, 1.807) is 6.07 Å². The molecule has 0 unspecified atom stereocenters. The number of rotatable bonds is 3. The van der Waals surface area contributed by atoms with Crippen LogP contribution in [0, 0.1) is 0 Å². The van der Waals surface area contributed by atoms with Crippen LogP contribution in [0.25, 0.3) is 10.9 Å². The molecule has 98 valence electrons. The number of nitrogens with zero attached hydrogens (tertiary/aromatic N) is 3. The lowest BCUT2D eigenvalue weighted by Crippen LogP contribution is -1.76. The van der Waals surface area contributed by atoms with Gasteiger partial charge >= 0.3 is 0 Å². The molecule has 0 saturated carbocycles. The third kappa shape index (κ3) is 2.03. The second-order valence-corrected chi connectivity index (χ2v) is 4.10. The van der Waals surface area contributed by atoms with Gasteiger partial charge in [0.1, 0.15) is 0 Å². The van der Waals surface area contributed by atoms with Crippen LogP contribution in [0.15, 0.2) is 52.8 Å². The summed E-state index contributed by atoms with van der Waals surface area (Å²) in [5.41, 5.74) is 1.23. The Hall–Kier alpha value is -3.02. The summed E-state index contributed by atoms with van der Waals surface area (Å²) < 4.78 is 0. The van der Waals surface area contributed by atoms with Crippen molar-refractivity contribution in [1.82, 2.24) is 9.97 Å². The fourth-order valence-electron chi connectivity index (χ4n) is 1.91. The van der Waals surface area contributed by atoms with Crippen molar-refractivity contribution in [2.24, 2.45) is 10.2 Å². The number of pyridine rings is 1. The van der Waals surface area contributed by atoms with Crippen LogP contribution in [-0.2, 0) is 0 Å². The number of para-hydroxylation sites is 1. The summed E-state index contributed by atoms with van der Waals surface area (Å²) in [6.07, 6.45) is 2.23. The Kier molecular flexibility index (Phi) is 2.96. The number of fused-ring (bicyclic) bond motifs is 1. The van der Waals surface area contributed by atoms with Crippen LogP contribution < -0.4 is 0 Å². The van der Waals surface area contributed by atoms with Gasteiger partial charge in [-0.15, -0.1) is 10.2 Å². The first kappa shape index (κ1) is 12.0. The Morgan fingerprint density at radius 3 is 2.80 bits per heavy atom. The zero-order chi connectivity index (χ0) is 13.9. The fourth-order valence-corrected chi connectivity index (χ4v) is 1.91. The molecule has 0 fully saturated rings. The molecule has 0 saturated heterocycles. The molecular weight excluding hydrogens is 256 g/mol. The summed E-state index contributed by atoms with van der Waals surface area (Å²) in [6.45, 7) is 0. The molecule has 0 radical (unpaired) electrons. The number of carbonyl (C=O) groups is 1. The second kappa shape index (κ2) is 4.93. The number of aromatic nitrogens is 2. The predicted molar refractivity (Wildman–Crippen MR) is 73.8 cm³/mol. The molecule has 6 heteroatoms. The lowest BCUT2D eigenvalue weighted by Gasteiger charge is -1.94. The summed E-state index contributed by atoms with van der Waals surface area (Å²) in [6, 6.07) is 10.4. The summed E-state index contributed by atoms with van der Waals surface area (Å²) in [7, 11) is 0. The van der Waals surface area contributed by atoms with Gasteiger partial charge in [-0.25, -0.2) is 4.98 Å². The molecule has 6 nitrogen and oxygen atoms in total. The van der Waals surface area contributed by atoms with E-state index in [1.807, 2.05) is 24.3 Å². The highest BCUT2D eigenvalue weighted by atomic mass is 16.3. The first-order valence-corrected chi connectivity index (χ1v) is 5.91. The van der Waals surface area contributed by atoms with Gasteiger partial charge in [0, 0.05) is 17.1 Å². The quantitative estimate of drug-likeness (QED) is 0.561. The van der Waals surface area contributed by atoms with Gasteiger partial charge in [0.15, 0.2) is 17.9 Å². The van der Waals surface area contributed by atoms with E-state index < -0.39 is 0 Å². The smallest absolute Gasteiger partial charge is 0.216 e. The highest BCUT2D eigenvalue weighted by Gasteiger charge is 2.10. The topological polar surface area (TPSA) is 90.7 Å².